The van der Waals surface area contributed by atoms with Crippen LogP contribution in [0.4, 0.5) is 16.2 Å². The Morgan fingerprint density at radius 1 is 1.12 bits per heavy atom. The summed E-state index contributed by atoms with van der Waals surface area (Å²) in [5, 5.41) is 5.44. The van der Waals surface area contributed by atoms with Crippen molar-refractivity contribution < 1.29 is 19.1 Å². The third-order valence-corrected chi connectivity index (χ3v) is 4.24. The molecule has 3 rings (SSSR count). The van der Waals surface area contributed by atoms with Crippen LogP contribution in [0.25, 0.3) is 0 Å². The number of carbonyl (C=O) groups excluding carboxylic acids is 2. The maximum absolute atomic E-state index is 12.5. The highest BCUT2D eigenvalue weighted by Gasteiger charge is 2.33. The van der Waals surface area contributed by atoms with Crippen LogP contribution in [0.3, 0.4) is 0 Å². The number of methoxy groups -OCH3 is 2. The molecule has 0 saturated carbocycles. The second-order valence-corrected chi connectivity index (χ2v) is 5.83. The SMILES string of the molecule is COc1ccc(NC(=O)N[C@@H]2CCN(c3ccccc3)C2=O)c(OC)c1. The van der Waals surface area contributed by atoms with E-state index in [-0.39, 0.29) is 5.91 Å². The quantitative estimate of drug-likeness (QED) is 0.864. The van der Waals surface area contributed by atoms with Gasteiger partial charge >= 0.3 is 6.03 Å². The predicted molar refractivity (Wildman–Crippen MR) is 98.9 cm³/mol. The zero-order chi connectivity index (χ0) is 18.5. The summed E-state index contributed by atoms with van der Waals surface area (Å²) in [6.45, 7) is 0.569. The molecule has 0 unspecified atom stereocenters. The lowest BCUT2D eigenvalue weighted by atomic mass is 10.2. The molecule has 1 fully saturated rings. The number of hydrogen-bond acceptors (Lipinski definition) is 4. The average molecular weight is 355 g/mol. The molecule has 7 heteroatoms. The van der Waals surface area contributed by atoms with Crippen LogP contribution in [0.5, 0.6) is 11.5 Å². The highest BCUT2D eigenvalue weighted by molar-refractivity contribution is 6.02. The van der Waals surface area contributed by atoms with E-state index in [0.717, 1.165) is 5.69 Å². The largest absolute Gasteiger partial charge is 0.497 e. The third kappa shape index (κ3) is 3.72. The maximum atomic E-state index is 12.5. The highest BCUT2D eigenvalue weighted by Crippen LogP contribution is 2.29. The molecular formula is C19H21N3O4. The number of carbonyl (C=O) groups is 2. The summed E-state index contributed by atoms with van der Waals surface area (Å²) < 4.78 is 10.4. The summed E-state index contributed by atoms with van der Waals surface area (Å²) in [6.07, 6.45) is 0.556. The van der Waals surface area contributed by atoms with Crippen molar-refractivity contribution in [3.8, 4) is 11.5 Å². The van der Waals surface area contributed by atoms with Crippen molar-refractivity contribution in [2.75, 3.05) is 31.0 Å². The van der Waals surface area contributed by atoms with Crippen LogP contribution in [0.1, 0.15) is 6.42 Å². The van der Waals surface area contributed by atoms with Gasteiger partial charge in [0.25, 0.3) is 0 Å². The third-order valence-electron chi connectivity index (χ3n) is 4.24. The van der Waals surface area contributed by atoms with Crippen LogP contribution < -0.4 is 25.0 Å². The minimum atomic E-state index is -0.556. The fourth-order valence-corrected chi connectivity index (χ4v) is 2.90. The fourth-order valence-electron chi connectivity index (χ4n) is 2.90. The Morgan fingerprint density at radius 2 is 1.88 bits per heavy atom. The summed E-state index contributed by atoms with van der Waals surface area (Å²) in [4.78, 5) is 26.5. The van der Waals surface area contributed by atoms with Crippen molar-refractivity contribution in [1.29, 1.82) is 0 Å². The molecule has 0 spiro atoms. The molecule has 3 amide bonds. The van der Waals surface area contributed by atoms with Gasteiger partial charge in [-0.05, 0) is 30.7 Å². The zero-order valence-electron chi connectivity index (χ0n) is 14.7. The van der Waals surface area contributed by atoms with Crippen LogP contribution in [0, 0.1) is 0 Å². The molecule has 1 aliphatic rings. The summed E-state index contributed by atoms with van der Waals surface area (Å²) in [6, 6.07) is 13.5. The molecule has 7 nitrogen and oxygen atoms in total. The smallest absolute Gasteiger partial charge is 0.319 e. The fraction of sp³-hybridized carbons (Fsp3) is 0.263. The Balaban J connectivity index is 1.63. The highest BCUT2D eigenvalue weighted by atomic mass is 16.5. The topological polar surface area (TPSA) is 79.9 Å². The lowest BCUT2D eigenvalue weighted by molar-refractivity contribution is -0.118. The first kappa shape index (κ1) is 17.6. The molecular weight excluding hydrogens is 334 g/mol. The van der Waals surface area contributed by atoms with Crippen molar-refractivity contribution in [2.45, 2.75) is 12.5 Å². The molecule has 26 heavy (non-hydrogen) atoms. The van der Waals surface area contributed by atoms with Crippen LogP contribution in [0.15, 0.2) is 48.5 Å². The van der Waals surface area contributed by atoms with Gasteiger partial charge < -0.3 is 25.0 Å². The first-order valence-corrected chi connectivity index (χ1v) is 8.28. The number of urea groups is 1. The number of para-hydroxylation sites is 1. The van der Waals surface area contributed by atoms with Gasteiger partial charge in [0, 0.05) is 18.3 Å². The van der Waals surface area contributed by atoms with Gasteiger partial charge in [-0.2, -0.15) is 0 Å². The van der Waals surface area contributed by atoms with Crippen molar-refractivity contribution >= 4 is 23.3 Å². The van der Waals surface area contributed by atoms with Crippen molar-refractivity contribution in [3.05, 3.63) is 48.5 Å². The Hall–Kier alpha value is -3.22. The van der Waals surface area contributed by atoms with Gasteiger partial charge in [-0.3, -0.25) is 4.79 Å². The van der Waals surface area contributed by atoms with Crippen molar-refractivity contribution in [3.63, 3.8) is 0 Å². The van der Waals surface area contributed by atoms with E-state index in [1.165, 1.54) is 7.11 Å². The number of benzene rings is 2. The average Bonchev–Trinajstić information content (AvgIpc) is 3.03. The second kappa shape index (κ2) is 7.77. The predicted octanol–water partition coefficient (Wildman–Crippen LogP) is 2.63. The van der Waals surface area contributed by atoms with E-state index in [0.29, 0.717) is 30.2 Å². The normalized spacial score (nSPS) is 16.3. The summed E-state index contributed by atoms with van der Waals surface area (Å²) in [5.74, 6) is 0.980. The van der Waals surface area contributed by atoms with Gasteiger partial charge in [0.15, 0.2) is 0 Å². The Labute approximate surface area is 151 Å². The van der Waals surface area contributed by atoms with Crippen LogP contribution in [-0.4, -0.2) is 38.7 Å². The summed E-state index contributed by atoms with van der Waals surface area (Å²) in [7, 11) is 3.06. The van der Waals surface area contributed by atoms with Crippen LogP contribution in [-0.2, 0) is 4.79 Å². The van der Waals surface area contributed by atoms with Gasteiger partial charge in [-0.15, -0.1) is 0 Å². The van der Waals surface area contributed by atoms with Crippen LogP contribution in [0.2, 0.25) is 0 Å². The molecule has 2 aromatic rings. The minimum absolute atomic E-state index is 0.118. The maximum Gasteiger partial charge on any atom is 0.319 e. The van der Waals surface area contributed by atoms with E-state index >= 15 is 0 Å². The lowest BCUT2D eigenvalue weighted by Gasteiger charge is -2.17. The van der Waals surface area contributed by atoms with E-state index in [2.05, 4.69) is 10.6 Å². The lowest BCUT2D eigenvalue weighted by Crippen LogP contribution is -2.43. The van der Waals surface area contributed by atoms with Gasteiger partial charge in [0.1, 0.15) is 17.5 Å². The first-order valence-electron chi connectivity index (χ1n) is 8.28. The number of ether oxygens (including phenoxy) is 2. The monoisotopic (exact) mass is 355 g/mol. The molecule has 2 aromatic carbocycles. The Kier molecular flexibility index (Phi) is 5.26. The van der Waals surface area contributed by atoms with E-state index in [1.807, 2.05) is 30.3 Å². The van der Waals surface area contributed by atoms with E-state index in [1.54, 1.807) is 30.2 Å². The van der Waals surface area contributed by atoms with E-state index in [4.69, 9.17) is 9.47 Å². The molecule has 0 bridgehead atoms. The van der Waals surface area contributed by atoms with E-state index < -0.39 is 12.1 Å². The van der Waals surface area contributed by atoms with Gasteiger partial charge in [-0.25, -0.2) is 4.79 Å². The number of nitrogens with zero attached hydrogens (tertiary/aromatic N) is 1. The number of rotatable bonds is 5. The molecule has 1 saturated heterocycles. The first-order chi connectivity index (χ1) is 12.6. The van der Waals surface area contributed by atoms with Crippen molar-refractivity contribution in [2.24, 2.45) is 0 Å². The number of amides is 3. The van der Waals surface area contributed by atoms with E-state index in [9.17, 15) is 9.59 Å². The van der Waals surface area contributed by atoms with Crippen LogP contribution >= 0.6 is 0 Å². The molecule has 0 aliphatic carbocycles. The Morgan fingerprint density at radius 3 is 2.58 bits per heavy atom. The summed E-state index contributed by atoms with van der Waals surface area (Å²) in [5.41, 5.74) is 1.33. The zero-order valence-corrected chi connectivity index (χ0v) is 14.7. The molecule has 136 valence electrons. The van der Waals surface area contributed by atoms with Gasteiger partial charge in [0.2, 0.25) is 5.91 Å². The van der Waals surface area contributed by atoms with Gasteiger partial charge in [0.05, 0.1) is 19.9 Å². The molecule has 2 N–H and O–H groups in total. The Bertz CT molecular complexity index is 795. The van der Waals surface area contributed by atoms with Gasteiger partial charge in [-0.1, -0.05) is 18.2 Å². The minimum Gasteiger partial charge on any atom is -0.497 e. The molecule has 0 aromatic heterocycles. The summed E-state index contributed by atoms with van der Waals surface area (Å²) >= 11 is 0. The van der Waals surface area contributed by atoms with Crippen molar-refractivity contribution in [1.82, 2.24) is 5.32 Å². The molecule has 1 aliphatic heterocycles. The standard InChI is InChI=1S/C19H21N3O4/c1-25-14-8-9-15(17(12-14)26-2)20-19(24)21-16-10-11-22(18(16)23)13-6-4-3-5-7-13/h3-9,12,16H,10-11H2,1-2H3,(H2,20,21,24)/t16-/m1/s1. The molecule has 1 atom stereocenters. The second-order valence-electron chi connectivity index (χ2n) is 5.83. The number of anilines is 2. The molecule has 0 radical (unpaired) electrons. The number of hydrogen-bond donors (Lipinski definition) is 2. The number of nitrogens with one attached hydrogen (secondary N) is 2. The molecule has 1 heterocycles.